The number of hydrogen-bond acceptors (Lipinski definition) is 2. The summed E-state index contributed by atoms with van der Waals surface area (Å²) in [6.07, 6.45) is 3.53. The Hall–Kier alpha value is -1.41. The van der Waals surface area contributed by atoms with Gasteiger partial charge in [-0.25, -0.2) is 0 Å². The topological polar surface area (TPSA) is 24.9 Å². The van der Waals surface area contributed by atoms with Crippen LogP contribution in [0.1, 0.15) is 50.4 Å². The molecule has 1 atom stereocenters. The molecular formula is C17H24N2. The fourth-order valence-electron chi connectivity index (χ4n) is 2.60. The number of nitrogens with one attached hydrogen (secondary N) is 1. The molecule has 0 saturated carbocycles. The third kappa shape index (κ3) is 3.32. The lowest BCUT2D eigenvalue weighted by Crippen LogP contribution is -2.22. The Kier molecular flexibility index (Phi) is 4.92. The highest BCUT2D eigenvalue weighted by atomic mass is 14.9. The van der Waals surface area contributed by atoms with Gasteiger partial charge in [0.2, 0.25) is 0 Å². The number of fused-ring (bicyclic) bond motifs is 1. The summed E-state index contributed by atoms with van der Waals surface area (Å²) >= 11 is 0. The molecule has 2 aromatic rings. The van der Waals surface area contributed by atoms with E-state index in [4.69, 9.17) is 0 Å². The van der Waals surface area contributed by atoms with Crippen LogP contribution in [0, 0.1) is 6.92 Å². The van der Waals surface area contributed by atoms with Gasteiger partial charge in [0.25, 0.3) is 0 Å². The van der Waals surface area contributed by atoms with Crippen molar-refractivity contribution in [2.45, 2.75) is 46.1 Å². The Morgan fingerprint density at radius 1 is 1.16 bits per heavy atom. The van der Waals surface area contributed by atoms with Crippen molar-refractivity contribution in [2.24, 2.45) is 0 Å². The average Bonchev–Trinajstić information content (AvgIpc) is 2.42. The van der Waals surface area contributed by atoms with Crippen molar-refractivity contribution in [1.29, 1.82) is 0 Å². The molecule has 0 aliphatic rings. The minimum Gasteiger partial charge on any atom is -0.310 e. The zero-order valence-corrected chi connectivity index (χ0v) is 12.2. The number of hydrogen-bond donors (Lipinski definition) is 1. The SMILES string of the molecule is CCCNC(CCC)c1cc(C)nc2ccccc12. The summed E-state index contributed by atoms with van der Waals surface area (Å²) in [5, 5.41) is 4.97. The zero-order chi connectivity index (χ0) is 13.7. The lowest BCUT2D eigenvalue weighted by Gasteiger charge is -2.20. The number of aromatic nitrogens is 1. The second-order valence-corrected chi connectivity index (χ2v) is 5.17. The van der Waals surface area contributed by atoms with Gasteiger partial charge in [0.15, 0.2) is 0 Å². The minimum absolute atomic E-state index is 0.441. The van der Waals surface area contributed by atoms with Crippen LogP contribution in [0.2, 0.25) is 0 Å². The molecule has 102 valence electrons. The Balaban J connectivity index is 2.45. The van der Waals surface area contributed by atoms with E-state index < -0.39 is 0 Å². The first-order valence-electron chi connectivity index (χ1n) is 7.36. The number of aryl methyl sites for hydroxylation is 1. The highest BCUT2D eigenvalue weighted by Crippen LogP contribution is 2.27. The van der Waals surface area contributed by atoms with Crippen LogP contribution in [-0.2, 0) is 0 Å². The van der Waals surface area contributed by atoms with E-state index in [0.29, 0.717) is 6.04 Å². The van der Waals surface area contributed by atoms with E-state index in [0.717, 1.165) is 17.8 Å². The maximum Gasteiger partial charge on any atom is 0.0708 e. The maximum atomic E-state index is 4.63. The molecule has 0 aliphatic carbocycles. The van der Waals surface area contributed by atoms with Crippen molar-refractivity contribution in [3.8, 4) is 0 Å². The molecule has 2 heteroatoms. The fraction of sp³-hybridized carbons (Fsp3) is 0.471. The lowest BCUT2D eigenvalue weighted by atomic mass is 9.97. The Morgan fingerprint density at radius 2 is 1.95 bits per heavy atom. The van der Waals surface area contributed by atoms with E-state index in [-0.39, 0.29) is 0 Å². The quantitative estimate of drug-likeness (QED) is 0.829. The summed E-state index contributed by atoms with van der Waals surface area (Å²) in [4.78, 5) is 4.63. The van der Waals surface area contributed by atoms with Gasteiger partial charge in [-0.15, -0.1) is 0 Å². The van der Waals surface area contributed by atoms with E-state index in [9.17, 15) is 0 Å². The van der Waals surface area contributed by atoms with Gasteiger partial charge < -0.3 is 5.32 Å². The van der Waals surface area contributed by atoms with Gasteiger partial charge in [-0.05, 0) is 44.0 Å². The molecule has 0 fully saturated rings. The first kappa shape index (κ1) is 14.0. The summed E-state index contributed by atoms with van der Waals surface area (Å²) in [7, 11) is 0. The van der Waals surface area contributed by atoms with Crippen LogP contribution >= 0.6 is 0 Å². The van der Waals surface area contributed by atoms with Crippen molar-refractivity contribution >= 4 is 10.9 Å². The highest BCUT2D eigenvalue weighted by Gasteiger charge is 2.13. The molecule has 2 rings (SSSR count). The molecule has 2 nitrogen and oxygen atoms in total. The summed E-state index contributed by atoms with van der Waals surface area (Å²) in [6, 6.07) is 11.1. The first-order valence-corrected chi connectivity index (χ1v) is 7.36. The average molecular weight is 256 g/mol. The molecule has 0 bridgehead atoms. The Labute approximate surface area is 116 Å². The van der Waals surface area contributed by atoms with Gasteiger partial charge in [-0.2, -0.15) is 0 Å². The molecule has 19 heavy (non-hydrogen) atoms. The molecule has 1 aromatic carbocycles. The molecule has 1 aromatic heterocycles. The van der Waals surface area contributed by atoms with Gasteiger partial charge in [0.1, 0.15) is 0 Å². The van der Waals surface area contributed by atoms with Crippen LogP contribution in [0.15, 0.2) is 30.3 Å². The summed E-state index contributed by atoms with van der Waals surface area (Å²) in [5.74, 6) is 0. The first-order chi connectivity index (χ1) is 9.26. The molecule has 0 spiro atoms. The van der Waals surface area contributed by atoms with E-state index >= 15 is 0 Å². The minimum atomic E-state index is 0.441. The van der Waals surface area contributed by atoms with Gasteiger partial charge in [0.05, 0.1) is 5.52 Å². The number of rotatable bonds is 6. The third-order valence-electron chi connectivity index (χ3n) is 3.47. The number of nitrogens with zero attached hydrogens (tertiary/aromatic N) is 1. The number of benzene rings is 1. The molecule has 1 unspecified atom stereocenters. The Morgan fingerprint density at radius 3 is 2.68 bits per heavy atom. The van der Waals surface area contributed by atoms with Crippen molar-refractivity contribution in [3.63, 3.8) is 0 Å². The second-order valence-electron chi connectivity index (χ2n) is 5.17. The van der Waals surface area contributed by atoms with Crippen LogP contribution < -0.4 is 5.32 Å². The van der Waals surface area contributed by atoms with Crippen LogP contribution in [-0.4, -0.2) is 11.5 Å². The second kappa shape index (κ2) is 6.67. The van der Waals surface area contributed by atoms with Crippen molar-refractivity contribution < 1.29 is 0 Å². The Bertz CT molecular complexity index is 534. The van der Waals surface area contributed by atoms with Crippen LogP contribution in [0.25, 0.3) is 10.9 Å². The third-order valence-corrected chi connectivity index (χ3v) is 3.47. The van der Waals surface area contributed by atoms with E-state index in [1.807, 2.05) is 0 Å². The molecule has 1 heterocycles. The summed E-state index contributed by atoms with van der Waals surface area (Å²) in [5.41, 5.74) is 3.61. The van der Waals surface area contributed by atoms with Gasteiger partial charge >= 0.3 is 0 Å². The molecule has 0 radical (unpaired) electrons. The summed E-state index contributed by atoms with van der Waals surface area (Å²) < 4.78 is 0. The maximum absolute atomic E-state index is 4.63. The van der Waals surface area contributed by atoms with Gasteiger partial charge in [0, 0.05) is 17.1 Å². The standard InChI is InChI=1S/C17H24N2/c1-4-8-16(18-11-5-2)15-12-13(3)19-17-10-7-6-9-14(15)17/h6-7,9-10,12,16,18H,4-5,8,11H2,1-3H3. The smallest absolute Gasteiger partial charge is 0.0708 e. The zero-order valence-electron chi connectivity index (χ0n) is 12.2. The van der Waals surface area contributed by atoms with Crippen LogP contribution in [0.5, 0.6) is 0 Å². The van der Waals surface area contributed by atoms with Crippen molar-refractivity contribution in [3.05, 3.63) is 41.6 Å². The predicted octanol–water partition coefficient (Wildman–Crippen LogP) is 4.38. The highest BCUT2D eigenvalue weighted by molar-refractivity contribution is 5.82. The van der Waals surface area contributed by atoms with E-state index in [2.05, 4.69) is 61.4 Å². The molecule has 0 aliphatic heterocycles. The number of pyridine rings is 1. The molecule has 0 saturated heterocycles. The lowest BCUT2D eigenvalue weighted by molar-refractivity contribution is 0.496. The van der Waals surface area contributed by atoms with E-state index in [1.54, 1.807) is 0 Å². The predicted molar refractivity (Wildman–Crippen MR) is 82.4 cm³/mol. The molecule has 1 N–H and O–H groups in total. The monoisotopic (exact) mass is 256 g/mol. The largest absolute Gasteiger partial charge is 0.310 e. The normalized spacial score (nSPS) is 12.8. The van der Waals surface area contributed by atoms with E-state index in [1.165, 1.54) is 30.2 Å². The number of para-hydroxylation sites is 1. The summed E-state index contributed by atoms with van der Waals surface area (Å²) in [6.45, 7) is 7.61. The van der Waals surface area contributed by atoms with Gasteiger partial charge in [-0.1, -0.05) is 38.5 Å². The van der Waals surface area contributed by atoms with Crippen LogP contribution in [0.4, 0.5) is 0 Å². The van der Waals surface area contributed by atoms with Crippen molar-refractivity contribution in [2.75, 3.05) is 6.54 Å². The van der Waals surface area contributed by atoms with Gasteiger partial charge in [-0.3, -0.25) is 4.98 Å². The van der Waals surface area contributed by atoms with Crippen LogP contribution in [0.3, 0.4) is 0 Å². The fourth-order valence-corrected chi connectivity index (χ4v) is 2.60. The molecular weight excluding hydrogens is 232 g/mol. The molecule has 0 amide bonds. The van der Waals surface area contributed by atoms with Crippen molar-refractivity contribution in [1.82, 2.24) is 10.3 Å².